The summed E-state index contributed by atoms with van der Waals surface area (Å²) in [5, 5.41) is 3.32. The summed E-state index contributed by atoms with van der Waals surface area (Å²) in [6, 6.07) is 8.22. The number of amides is 1. The number of para-hydroxylation sites is 1. The molecule has 0 bridgehead atoms. The molecule has 1 aliphatic rings. The number of thiocarbonyl (C=S) groups is 1. The third kappa shape index (κ3) is 2.70. The van der Waals surface area contributed by atoms with Crippen molar-refractivity contribution in [2.75, 3.05) is 11.4 Å². The van der Waals surface area contributed by atoms with Gasteiger partial charge in [0, 0.05) is 18.2 Å². The molecule has 0 aromatic heterocycles. The van der Waals surface area contributed by atoms with Crippen LogP contribution >= 0.6 is 12.2 Å². The molecule has 96 valence electrons. The molecule has 1 aliphatic heterocycles. The maximum Gasteiger partial charge on any atom is 0.228 e. The fourth-order valence-corrected chi connectivity index (χ4v) is 2.35. The Morgan fingerprint density at radius 2 is 2.11 bits per heavy atom. The molecule has 0 saturated heterocycles. The lowest BCUT2D eigenvalue weighted by molar-refractivity contribution is -0.122. The van der Waals surface area contributed by atoms with Crippen LogP contribution in [0.3, 0.4) is 0 Å². The molecule has 0 unspecified atom stereocenters. The predicted molar refractivity (Wildman–Crippen MR) is 77.7 cm³/mol. The van der Waals surface area contributed by atoms with E-state index in [-0.39, 0.29) is 11.8 Å². The summed E-state index contributed by atoms with van der Waals surface area (Å²) in [5.74, 6) is -0.0777. The van der Waals surface area contributed by atoms with E-state index in [1.165, 1.54) is 5.56 Å². The van der Waals surface area contributed by atoms with Gasteiger partial charge in [0.15, 0.2) is 5.11 Å². The molecule has 4 heteroatoms. The van der Waals surface area contributed by atoms with Crippen LogP contribution in [0.25, 0.3) is 0 Å². The first-order chi connectivity index (χ1) is 8.59. The zero-order chi connectivity index (χ0) is 13.1. The molecule has 2 rings (SSSR count). The van der Waals surface area contributed by atoms with E-state index >= 15 is 0 Å². The highest BCUT2D eigenvalue weighted by Crippen LogP contribution is 2.26. The van der Waals surface area contributed by atoms with Gasteiger partial charge in [0.2, 0.25) is 5.91 Å². The highest BCUT2D eigenvalue weighted by molar-refractivity contribution is 7.80. The van der Waals surface area contributed by atoms with Crippen molar-refractivity contribution in [2.24, 2.45) is 5.92 Å². The molecule has 3 nitrogen and oxygen atoms in total. The van der Waals surface area contributed by atoms with Crippen LogP contribution in [-0.4, -0.2) is 17.6 Å². The molecule has 1 aromatic rings. The minimum absolute atomic E-state index is 0.0249. The first-order valence-corrected chi connectivity index (χ1v) is 6.70. The summed E-state index contributed by atoms with van der Waals surface area (Å²) in [6.07, 6.45) is 2.14. The number of rotatable bonds is 1. The quantitative estimate of drug-likeness (QED) is 0.789. The zero-order valence-electron chi connectivity index (χ0n) is 10.8. The van der Waals surface area contributed by atoms with Crippen molar-refractivity contribution in [3.8, 4) is 0 Å². The number of fused-ring (bicyclic) bond motifs is 1. The van der Waals surface area contributed by atoms with Crippen molar-refractivity contribution >= 4 is 28.9 Å². The summed E-state index contributed by atoms with van der Waals surface area (Å²) in [5.41, 5.74) is 2.42. The number of hydrogen-bond acceptors (Lipinski definition) is 2. The van der Waals surface area contributed by atoms with E-state index in [1.807, 2.05) is 30.9 Å². The van der Waals surface area contributed by atoms with Gasteiger partial charge in [0.1, 0.15) is 0 Å². The Morgan fingerprint density at radius 3 is 2.83 bits per heavy atom. The van der Waals surface area contributed by atoms with Gasteiger partial charge in [0.05, 0.1) is 0 Å². The molecule has 0 aliphatic carbocycles. The number of carbonyl (C=O) groups is 1. The van der Waals surface area contributed by atoms with Crippen molar-refractivity contribution in [3.63, 3.8) is 0 Å². The summed E-state index contributed by atoms with van der Waals surface area (Å²) in [4.78, 5) is 13.7. The Bertz CT molecular complexity index is 471. The van der Waals surface area contributed by atoms with Gasteiger partial charge in [-0.15, -0.1) is 0 Å². The van der Waals surface area contributed by atoms with Gasteiger partial charge < -0.3 is 10.2 Å². The topological polar surface area (TPSA) is 32.3 Å². The third-order valence-electron chi connectivity index (χ3n) is 3.11. The third-order valence-corrected chi connectivity index (χ3v) is 3.43. The Balaban J connectivity index is 2.15. The van der Waals surface area contributed by atoms with Crippen LogP contribution in [0.2, 0.25) is 0 Å². The number of nitrogens with zero attached hydrogens (tertiary/aromatic N) is 1. The second kappa shape index (κ2) is 5.48. The normalized spacial score (nSPS) is 14.3. The van der Waals surface area contributed by atoms with E-state index in [1.54, 1.807) is 0 Å². The maximum atomic E-state index is 11.7. The summed E-state index contributed by atoms with van der Waals surface area (Å²) in [7, 11) is 0. The predicted octanol–water partition coefficient (Wildman–Crippen LogP) is 2.50. The standard InChI is InChI=1S/C14H18N2OS/c1-10(2)13(17)15-14(18)16-9-5-7-11-6-3-4-8-12(11)16/h3-4,6,8,10H,5,7,9H2,1-2H3,(H,15,17,18). The van der Waals surface area contributed by atoms with Gasteiger partial charge >= 0.3 is 0 Å². The van der Waals surface area contributed by atoms with Crippen LogP contribution in [0.4, 0.5) is 5.69 Å². The number of nitrogens with one attached hydrogen (secondary N) is 1. The number of anilines is 1. The van der Waals surface area contributed by atoms with Gasteiger partial charge in [0.25, 0.3) is 0 Å². The Kier molecular flexibility index (Phi) is 3.97. The molecule has 0 atom stereocenters. The SMILES string of the molecule is CC(C)C(=O)NC(=S)N1CCCc2ccccc21. The van der Waals surface area contributed by atoms with Crippen LogP contribution in [0.5, 0.6) is 0 Å². The minimum Gasteiger partial charge on any atom is -0.318 e. The van der Waals surface area contributed by atoms with Gasteiger partial charge in [-0.05, 0) is 36.7 Å². The summed E-state index contributed by atoms with van der Waals surface area (Å²) in [6.45, 7) is 4.60. The Morgan fingerprint density at radius 1 is 1.39 bits per heavy atom. The van der Waals surface area contributed by atoms with Gasteiger partial charge in [-0.2, -0.15) is 0 Å². The smallest absolute Gasteiger partial charge is 0.228 e. The molecule has 1 aromatic carbocycles. The molecule has 0 saturated carbocycles. The molecule has 0 radical (unpaired) electrons. The number of hydrogen-bond donors (Lipinski definition) is 1. The molecule has 1 N–H and O–H groups in total. The fourth-order valence-electron chi connectivity index (χ4n) is 2.06. The fraction of sp³-hybridized carbons (Fsp3) is 0.429. The molecule has 1 heterocycles. The number of carbonyl (C=O) groups excluding carboxylic acids is 1. The van der Waals surface area contributed by atoms with Crippen LogP contribution < -0.4 is 10.2 Å². The van der Waals surface area contributed by atoms with Crippen molar-refractivity contribution in [1.82, 2.24) is 5.32 Å². The van der Waals surface area contributed by atoms with Crippen molar-refractivity contribution in [3.05, 3.63) is 29.8 Å². The van der Waals surface area contributed by atoms with Crippen LogP contribution in [0, 0.1) is 5.92 Å². The molecular weight excluding hydrogens is 244 g/mol. The van der Waals surface area contributed by atoms with E-state index in [0.29, 0.717) is 5.11 Å². The number of aryl methyl sites for hydroxylation is 1. The largest absolute Gasteiger partial charge is 0.318 e. The van der Waals surface area contributed by atoms with Crippen molar-refractivity contribution in [1.29, 1.82) is 0 Å². The zero-order valence-corrected chi connectivity index (χ0v) is 11.6. The van der Waals surface area contributed by atoms with Crippen molar-refractivity contribution in [2.45, 2.75) is 26.7 Å². The molecular formula is C14H18N2OS. The minimum atomic E-state index is -0.0528. The van der Waals surface area contributed by atoms with E-state index in [2.05, 4.69) is 17.4 Å². The van der Waals surface area contributed by atoms with Gasteiger partial charge in [-0.3, -0.25) is 4.79 Å². The Hall–Kier alpha value is -1.42. The molecule has 18 heavy (non-hydrogen) atoms. The van der Waals surface area contributed by atoms with Crippen LogP contribution in [0.1, 0.15) is 25.8 Å². The van der Waals surface area contributed by atoms with Crippen LogP contribution in [0.15, 0.2) is 24.3 Å². The molecule has 0 spiro atoms. The lowest BCUT2D eigenvalue weighted by Gasteiger charge is -2.31. The average molecular weight is 262 g/mol. The Labute approximate surface area is 113 Å². The summed E-state index contributed by atoms with van der Waals surface area (Å²) < 4.78 is 0. The monoisotopic (exact) mass is 262 g/mol. The van der Waals surface area contributed by atoms with E-state index in [0.717, 1.165) is 25.1 Å². The van der Waals surface area contributed by atoms with Crippen LogP contribution in [-0.2, 0) is 11.2 Å². The maximum absolute atomic E-state index is 11.7. The van der Waals surface area contributed by atoms with Gasteiger partial charge in [-0.25, -0.2) is 0 Å². The van der Waals surface area contributed by atoms with E-state index in [9.17, 15) is 4.79 Å². The first-order valence-electron chi connectivity index (χ1n) is 6.30. The lowest BCUT2D eigenvalue weighted by atomic mass is 10.0. The van der Waals surface area contributed by atoms with Gasteiger partial charge in [-0.1, -0.05) is 32.0 Å². The molecule has 1 amide bonds. The second-order valence-electron chi connectivity index (χ2n) is 4.83. The molecule has 0 fully saturated rings. The highest BCUT2D eigenvalue weighted by Gasteiger charge is 2.21. The average Bonchev–Trinajstić information content (AvgIpc) is 2.37. The number of benzene rings is 1. The second-order valence-corrected chi connectivity index (χ2v) is 5.22. The van der Waals surface area contributed by atoms with Crippen molar-refractivity contribution < 1.29 is 4.79 Å². The van der Waals surface area contributed by atoms with E-state index in [4.69, 9.17) is 12.2 Å². The lowest BCUT2D eigenvalue weighted by Crippen LogP contribution is -2.46. The van der Waals surface area contributed by atoms with E-state index < -0.39 is 0 Å². The summed E-state index contributed by atoms with van der Waals surface area (Å²) >= 11 is 5.34. The highest BCUT2D eigenvalue weighted by atomic mass is 32.1. The first kappa shape index (κ1) is 13.0.